The van der Waals surface area contributed by atoms with Gasteiger partial charge >= 0.3 is 11.9 Å². The summed E-state index contributed by atoms with van der Waals surface area (Å²) < 4.78 is 0. The number of nitrogens with zero attached hydrogens (tertiary/aromatic N) is 1. The van der Waals surface area contributed by atoms with Crippen LogP contribution < -0.4 is 32.6 Å². The molecule has 1 amide bonds. The molecule has 0 saturated carbocycles. The SMILES string of the molecule is CC(C)(C[C@H](NC(=O)c1ccc(NCC2CNc3nc(N)[nH]c(=O)c3N2)cc1)C(=O)O)C(=O)O. The highest BCUT2D eigenvalue weighted by molar-refractivity contribution is 5.97. The maximum atomic E-state index is 12.5. The van der Waals surface area contributed by atoms with Gasteiger partial charge in [-0.2, -0.15) is 4.98 Å². The average molecular weight is 473 g/mol. The van der Waals surface area contributed by atoms with Crippen LogP contribution in [-0.4, -0.2) is 63.2 Å². The molecule has 9 N–H and O–H groups in total. The highest BCUT2D eigenvalue weighted by Gasteiger charge is 2.34. The van der Waals surface area contributed by atoms with E-state index in [2.05, 4.69) is 31.2 Å². The molecule has 2 atom stereocenters. The number of hydrogen-bond acceptors (Lipinski definition) is 9. The fourth-order valence-electron chi connectivity index (χ4n) is 3.37. The van der Waals surface area contributed by atoms with E-state index in [1.807, 2.05) is 0 Å². The molecule has 0 spiro atoms. The molecule has 0 bridgehead atoms. The Morgan fingerprint density at radius 2 is 1.91 bits per heavy atom. The van der Waals surface area contributed by atoms with Gasteiger partial charge in [-0.3, -0.25) is 19.4 Å². The van der Waals surface area contributed by atoms with Crippen molar-refractivity contribution in [2.75, 3.05) is 34.8 Å². The lowest BCUT2D eigenvalue weighted by Gasteiger charge is -2.27. The number of nitrogen functional groups attached to an aromatic ring is 1. The number of anilines is 4. The van der Waals surface area contributed by atoms with E-state index in [-0.39, 0.29) is 29.5 Å². The van der Waals surface area contributed by atoms with Gasteiger partial charge in [0.25, 0.3) is 11.5 Å². The van der Waals surface area contributed by atoms with Gasteiger partial charge in [0.05, 0.1) is 11.5 Å². The molecule has 0 saturated heterocycles. The summed E-state index contributed by atoms with van der Waals surface area (Å²) in [5, 5.41) is 30.3. The summed E-state index contributed by atoms with van der Waals surface area (Å²) in [7, 11) is 0. The Hall–Kier alpha value is -4.29. The maximum absolute atomic E-state index is 12.5. The number of H-pyrrole nitrogens is 1. The van der Waals surface area contributed by atoms with Crippen LogP contribution in [0.1, 0.15) is 30.6 Å². The zero-order valence-electron chi connectivity index (χ0n) is 18.6. The molecular formula is C21H27N7O6. The lowest BCUT2D eigenvalue weighted by atomic mass is 9.85. The molecule has 2 aromatic rings. The Morgan fingerprint density at radius 3 is 2.53 bits per heavy atom. The number of nitrogens with two attached hydrogens (primary N) is 1. The second-order valence-electron chi connectivity index (χ2n) is 8.61. The zero-order valence-corrected chi connectivity index (χ0v) is 18.6. The minimum Gasteiger partial charge on any atom is -0.481 e. The molecule has 1 aliphatic rings. The van der Waals surface area contributed by atoms with E-state index in [0.717, 1.165) is 0 Å². The van der Waals surface area contributed by atoms with E-state index in [0.29, 0.717) is 30.3 Å². The molecule has 13 nitrogen and oxygen atoms in total. The topological polar surface area (TPSA) is 212 Å². The van der Waals surface area contributed by atoms with Gasteiger partial charge in [0.15, 0.2) is 5.82 Å². The fourth-order valence-corrected chi connectivity index (χ4v) is 3.37. The Morgan fingerprint density at radius 1 is 1.24 bits per heavy atom. The van der Waals surface area contributed by atoms with Gasteiger partial charge in [-0.25, -0.2) is 4.79 Å². The summed E-state index contributed by atoms with van der Waals surface area (Å²) >= 11 is 0. The number of benzene rings is 1. The predicted octanol–water partition coefficient (Wildman–Crippen LogP) is 0.354. The minimum absolute atomic E-state index is 0.0269. The van der Waals surface area contributed by atoms with Crippen molar-refractivity contribution in [1.82, 2.24) is 15.3 Å². The lowest BCUT2D eigenvalue weighted by Crippen LogP contribution is -2.45. The van der Waals surface area contributed by atoms with Gasteiger partial charge in [-0.15, -0.1) is 0 Å². The number of carbonyl (C=O) groups excluding carboxylic acids is 1. The van der Waals surface area contributed by atoms with Crippen LogP contribution in [0.15, 0.2) is 29.1 Å². The Balaban J connectivity index is 1.57. The van der Waals surface area contributed by atoms with Gasteiger partial charge in [-0.05, 0) is 44.5 Å². The molecule has 2 heterocycles. The van der Waals surface area contributed by atoms with Crippen LogP contribution in [0.25, 0.3) is 0 Å². The minimum atomic E-state index is -1.35. The number of carbonyl (C=O) groups is 3. The number of carboxylic acid groups (broad SMARTS) is 2. The molecule has 182 valence electrons. The van der Waals surface area contributed by atoms with Gasteiger partial charge in [0.2, 0.25) is 5.95 Å². The van der Waals surface area contributed by atoms with Crippen LogP contribution in [0.4, 0.5) is 23.1 Å². The first-order valence-corrected chi connectivity index (χ1v) is 10.5. The van der Waals surface area contributed by atoms with Gasteiger partial charge in [0, 0.05) is 24.3 Å². The first-order chi connectivity index (χ1) is 16.0. The number of amides is 1. The van der Waals surface area contributed by atoms with Crippen LogP contribution in [0, 0.1) is 5.41 Å². The third-order valence-corrected chi connectivity index (χ3v) is 5.40. The first-order valence-electron chi connectivity index (χ1n) is 10.5. The van der Waals surface area contributed by atoms with Crippen LogP contribution >= 0.6 is 0 Å². The number of hydrogen-bond donors (Lipinski definition) is 8. The number of aromatic amines is 1. The summed E-state index contributed by atoms with van der Waals surface area (Å²) in [5.41, 5.74) is 5.08. The first kappa shape index (κ1) is 24.4. The van der Waals surface area contributed by atoms with E-state index in [4.69, 9.17) is 5.73 Å². The van der Waals surface area contributed by atoms with Crippen molar-refractivity contribution >= 4 is 41.0 Å². The normalized spacial score (nSPS) is 15.8. The van der Waals surface area contributed by atoms with Gasteiger partial charge < -0.3 is 37.2 Å². The van der Waals surface area contributed by atoms with E-state index >= 15 is 0 Å². The molecule has 1 aromatic carbocycles. The number of aromatic nitrogens is 2. The third-order valence-electron chi connectivity index (χ3n) is 5.40. The number of fused-ring (bicyclic) bond motifs is 1. The van der Waals surface area contributed by atoms with Crippen molar-refractivity contribution < 1.29 is 24.6 Å². The number of rotatable bonds is 9. The predicted molar refractivity (Wildman–Crippen MR) is 125 cm³/mol. The van der Waals surface area contributed by atoms with E-state index in [1.165, 1.54) is 26.0 Å². The van der Waals surface area contributed by atoms with Crippen molar-refractivity contribution in [3.63, 3.8) is 0 Å². The molecule has 1 aliphatic heterocycles. The number of nitrogens with one attached hydrogen (secondary N) is 5. The standard InChI is InChI=1S/C21H27N7O6/c1-21(2,19(33)34)7-13(18(31)32)26-16(29)10-3-5-11(6-4-10)23-8-12-9-24-15-14(25-12)17(30)28-20(22)27-15/h3-6,12-13,23,25H,7-9H2,1-2H3,(H,26,29)(H,31,32)(H,33,34)(H4,22,24,27,28,30)/t12?,13-/m0/s1. The number of carboxylic acids is 2. The summed E-state index contributed by atoms with van der Waals surface area (Å²) in [6.07, 6.45) is -0.264. The van der Waals surface area contributed by atoms with Crippen molar-refractivity contribution in [3.8, 4) is 0 Å². The third kappa shape index (κ3) is 5.74. The zero-order chi connectivity index (χ0) is 25.0. The molecule has 0 fully saturated rings. The summed E-state index contributed by atoms with van der Waals surface area (Å²) in [4.78, 5) is 53.8. The van der Waals surface area contributed by atoms with Gasteiger partial charge in [-0.1, -0.05) is 0 Å². The Kier molecular flexibility index (Phi) is 6.94. The largest absolute Gasteiger partial charge is 0.481 e. The molecular weight excluding hydrogens is 446 g/mol. The second-order valence-corrected chi connectivity index (χ2v) is 8.61. The molecule has 0 aliphatic carbocycles. The van der Waals surface area contributed by atoms with E-state index in [1.54, 1.807) is 12.1 Å². The Labute approximate surface area is 194 Å². The second kappa shape index (κ2) is 9.68. The van der Waals surface area contributed by atoms with Crippen molar-refractivity contribution in [1.29, 1.82) is 0 Å². The molecule has 13 heteroatoms. The van der Waals surface area contributed by atoms with Crippen LogP contribution in [-0.2, 0) is 9.59 Å². The smallest absolute Gasteiger partial charge is 0.326 e. The molecule has 1 aromatic heterocycles. The summed E-state index contributed by atoms with van der Waals surface area (Å²) in [5.74, 6) is -2.67. The van der Waals surface area contributed by atoms with Crippen LogP contribution in [0.2, 0.25) is 0 Å². The molecule has 0 radical (unpaired) electrons. The van der Waals surface area contributed by atoms with E-state index < -0.39 is 29.3 Å². The average Bonchev–Trinajstić information content (AvgIpc) is 2.77. The van der Waals surface area contributed by atoms with Gasteiger partial charge in [0.1, 0.15) is 11.7 Å². The monoisotopic (exact) mass is 473 g/mol. The van der Waals surface area contributed by atoms with Crippen molar-refractivity contribution in [3.05, 3.63) is 40.2 Å². The fraction of sp³-hybridized carbons (Fsp3) is 0.381. The summed E-state index contributed by atoms with van der Waals surface area (Å²) in [6.45, 7) is 3.75. The van der Waals surface area contributed by atoms with Crippen LogP contribution in [0.5, 0.6) is 0 Å². The van der Waals surface area contributed by atoms with Crippen molar-refractivity contribution in [2.24, 2.45) is 5.41 Å². The molecule has 3 rings (SSSR count). The highest BCUT2D eigenvalue weighted by Crippen LogP contribution is 2.23. The maximum Gasteiger partial charge on any atom is 0.326 e. The lowest BCUT2D eigenvalue weighted by molar-refractivity contribution is -0.149. The van der Waals surface area contributed by atoms with E-state index in [9.17, 15) is 29.4 Å². The number of aliphatic carboxylic acids is 2. The molecule has 1 unspecified atom stereocenters. The quantitative estimate of drug-likeness (QED) is 0.249. The van der Waals surface area contributed by atoms with Crippen LogP contribution in [0.3, 0.4) is 0 Å². The van der Waals surface area contributed by atoms with Crippen molar-refractivity contribution in [2.45, 2.75) is 32.4 Å². The molecule has 34 heavy (non-hydrogen) atoms. The highest BCUT2D eigenvalue weighted by atomic mass is 16.4. The summed E-state index contributed by atoms with van der Waals surface area (Å²) in [6, 6.07) is 4.89. The Bertz CT molecular complexity index is 1150.